The number of carbonyl (C=O) groups excluding carboxylic acids is 3. The van der Waals surface area contributed by atoms with E-state index in [4.69, 9.17) is 9.47 Å². The number of nitrogens with one attached hydrogen (secondary N) is 2. The van der Waals surface area contributed by atoms with Gasteiger partial charge in [0.05, 0.1) is 18.8 Å². The van der Waals surface area contributed by atoms with Crippen molar-refractivity contribution >= 4 is 34.2 Å². The van der Waals surface area contributed by atoms with Gasteiger partial charge in [0.1, 0.15) is 10.8 Å². The fourth-order valence-corrected chi connectivity index (χ4v) is 4.54. The van der Waals surface area contributed by atoms with Crippen LogP contribution < -0.4 is 15.4 Å². The summed E-state index contributed by atoms with van der Waals surface area (Å²) in [6.07, 6.45) is 2.82. The molecule has 0 bridgehead atoms. The van der Waals surface area contributed by atoms with Gasteiger partial charge in [-0.05, 0) is 69.4 Å². The molecular formula is C21H24N2O5S. The zero-order chi connectivity index (χ0) is 20.8. The van der Waals surface area contributed by atoms with Gasteiger partial charge >= 0.3 is 6.09 Å². The molecule has 154 valence electrons. The lowest BCUT2D eigenvalue weighted by Gasteiger charge is -2.13. The Bertz CT molecular complexity index is 905. The number of ether oxygens (including phenoxy) is 2. The van der Waals surface area contributed by atoms with Crippen LogP contribution in [0.1, 0.15) is 57.8 Å². The molecule has 1 aliphatic carbocycles. The Hall–Kier alpha value is -2.87. The number of imide groups is 1. The molecule has 0 saturated carbocycles. The number of rotatable bonds is 6. The first kappa shape index (κ1) is 20.9. The maximum atomic E-state index is 12.7. The number of hydrogen-bond acceptors (Lipinski definition) is 6. The summed E-state index contributed by atoms with van der Waals surface area (Å²) < 4.78 is 10.2. The molecule has 8 heteroatoms. The van der Waals surface area contributed by atoms with E-state index in [0.717, 1.165) is 36.1 Å². The van der Waals surface area contributed by atoms with E-state index in [1.807, 2.05) is 6.92 Å². The fourth-order valence-electron chi connectivity index (χ4n) is 3.26. The van der Waals surface area contributed by atoms with Gasteiger partial charge in [-0.25, -0.2) is 4.79 Å². The molecule has 7 nitrogen and oxygen atoms in total. The van der Waals surface area contributed by atoms with Crippen LogP contribution in [0.5, 0.6) is 5.75 Å². The lowest BCUT2D eigenvalue weighted by Crippen LogP contribution is -2.32. The van der Waals surface area contributed by atoms with Gasteiger partial charge in [-0.1, -0.05) is 0 Å². The van der Waals surface area contributed by atoms with E-state index in [1.165, 1.54) is 11.3 Å². The first-order valence-electron chi connectivity index (χ1n) is 9.70. The van der Waals surface area contributed by atoms with Gasteiger partial charge in [0, 0.05) is 10.4 Å². The Balaban J connectivity index is 1.84. The standard InChI is InChI=1S/C21H24N2O5S/c1-3-27-14-11-9-13(10-12-14)18(24)22-20-17(19(25)23-21(26)28-4-2)15-7-5-6-8-16(15)29-20/h9-12H,3-8H2,1-2H3,(H,22,24)(H,23,25,26). The lowest BCUT2D eigenvalue weighted by atomic mass is 9.95. The second-order valence-electron chi connectivity index (χ2n) is 6.50. The Morgan fingerprint density at radius 1 is 1.00 bits per heavy atom. The lowest BCUT2D eigenvalue weighted by molar-refractivity contribution is 0.0925. The van der Waals surface area contributed by atoms with Gasteiger partial charge in [-0.15, -0.1) is 11.3 Å². The Morgan fingerprint density at radius 2 is 1.72 bits per heavy atom. The minimum Gasteiger partial charge on any atom is -0.494 e. The van der Waals surface area contributed by atoms with Crippen LogP contribution in [0.3, 0.4) is 0 Å². The third-order valence-electron chi connectivity index (χ3n) is 4.54. The predicted octanol–water partition coefficient (Wildman–Crippen LogP) is 4.16. The van der Waals surface area contributed by atoms with Crippen molar-refractivity contribution in [2.45, 2.75) is 39.5 Å². The summed E-state index contributed by atoms with van der Waals surface area (Å²) in [5.41, 5.74) is 1.72. The van der Waals surface area contributed by atoms with Crippen molar-refractivity contribution in [2.24, 2.45) is 0 Å². The maximum Gasteiger partial charge on any atom is 0.414 e. The van der Waals surface area contributed by atoms with Crippen LogP contribution in [0, 0.1) is 0 Å². The van der Waals surface area contributed by atoms with Crippen molar-refractivity contribution in [3.63, 3.8) is 0 Å². The zero-order valence-electron chi connectivity index (χ0n) is 16.5. The molecule has 1 aliphatic rings. The van der Waals surface area contributed by atoms with Gasteiger partial charge in [0.25, 0.3) is 11.8 Å². The van der Waals surface area contributed by atoms with E-state index in [9.17, 15) is 14.4 Å². The Labute approximate surface area is 173 Å². The molecule has 0 unspecified atom stereocenters. The highest BCUT2D eigenvalue weighted by Crippen LogP contribution is 2.38. The van der Waals surface area contributed by atoms with Crippen molar-refractivity contribution in [2.75, 3.05) is 18.5 Å². The summed E-state index contributed by atoms with van der Waals surface area (Å²) in [4.78, 5) is 38.3. The SMILES string of the molecule is CCOC(=O)NC(=O)c1c(NC(=O)c2ccc(OCC)cc2)sc2c1CCCC2. The van der Waals surface area contributed by atoms with Crippen molar-refractivity contribution in [3.8, 4) is 5.75 Å². The number of hydrogen-bond donors (Lipinski definition) is 2. The molecule has 0 aliphatic heterocycles. The Morgan fingerprint density at radius 3 is 2.41 bits per heavy atom. The summed E-state index contributed by atoms with van der Waals surface area (Å²) >= 11 is 1.40. The minimum atomic E-state index is -0.794. The molecule has 0 fully saturated rings. The highest BCUT2D eigenvalue weighted by Gasteiger charge is 2.27. The molecule has 2 aromatic rings. The maximum absolute atomic E-state index is 12.7. The Kier molecular flexibility index (Phi) is 6.87. The molecular weight excluding hydrogens is 392 g/mol. The third-order valence-corrected chi connectivity index (χ3v) is 5.75. The van der Waals surface area contributed by atoms with E-state index in [1.54, 1.807) is 31.2 Å². The second kappa shape index (κ2) is 9.56. The number of benzene rings is 1. The monoisotopic (exact) mass is 416 g/mol. The van der Waals surface area contributed by atoms with E-state index < -0.39 is 12.0 Å². The molecule has 29 heavy (non-hydrogen) atoms. The molecule has 0 spiro atoms. The molecule has 1 aromatic carbocycles. The van der Waals surface area contributed by atoms with Crippen LogP contribution in [0.25, 0.3) is 0 Å². The molecule has 0 atom stereocenters. The second-order valence-corrected chi connectivity index (χ2v) is 7.61. The number of thiophene rings is 1. The van der Waals surface area contributed by atoms with E-state index in [-0.39, 0.29) is 12.5 Å². The van der Waals surface area contributed by atoms with Gasteiger partial charge in [0.15, 0.2) is 0 Å². The van der Waals surface area contributed by atoms with E-state index in [0.29, 0.717) is 28.5 Å². The van der Waals surface area contributed by atoms with Crippen LogP contribution in [-0.4, -0.2) is 31.1 Å². The van der Waals surface area contributed by atoms with E-state index in [2.05, 4.69) is 10.6 Å². The smallest absolute Gasteiger partial charge is 0.414 e. The topological polar surface area (TPSA) is 93.7 Å². The molecule has 0 radical (unpaired) electrons. The van der Waals surface area contributed by atoms with Crippen molar-refractivity contribution in [3.05, 3.63) is 45.8 Å². The van der Waals surface area contributed by atoms with Crippen LogP contribution in [0.15, 0.2) is 24.3 Å². The first-order valence-corrected chi connectivity index (χ1v) is 10.5. The summed E-state index contributed by atoms with van der Waals surface area (Å²) in [5.74, 6) is -0.188. The highest BCUT2D eigenvalue weighted by atomic mass is 32.1. The number of aryl methyl sites for hydroxylation is 1. The number of alkyl carbamates (subject to hydrolysis) is 1. The van der Waals surface area contributed by atoms with Crippen LogP contribution in [0.2, 0.25) is 0 Å². The van der Waals surface area contributed by atoms with Gasteiger partial charge in [0.2, 0.25) is 0 Å². The van der Waals surface area contributed by atoms with Crippen LogP contribution in [0.4, 0.5) is 9.80 Å². The third kappa shape index (κ3) is 4.95. The van der Waals surface area contributed by atoms with Crippen molar-refractivity contribution < 1.29 is 23.9 Å². The van der Waals surface area contributed by atoms with Crippen molar-refractivity contribution in [1.82, 2.24) is 5.32 Å². The number of carbonyl (C=O) groups is 3. The zero-order valence-corrected chi connectivity index (χ0v) is 17.3. The van der Waals surface area contributed by atoms with Gasteiger partial charge in [-0.3, -0.25) is 14.9 Å². The predicted molar refractivity (Wildman–Crippen MR) is 111 cm³/mol. The molecule has 3 amide bonds. The molecule has 1 aromatic heterocycles. The largest absolute Gasteiger partial charge is 0.494 e. The summed E-state index contributed by atoms with van der Waals surface area (Å²) in [7, 11) is 0. The van der Waals surface area contributed by atoms with Crippen molar-refractivity contribution in [1.29, 1.82) is 0 Å². The molecule has 1 heterocycles. The number of anilines is 1. The summed E-state index contributed by atoms with van der Waals surface area (Å²) in [5, 5.41) is 5.55. The average Bonchev–Trinajstić information content (AvgIpc) is 3.06. The normalized spacial score (nSPS) is 12.6. The van der Waals surface area contributed by atoms with Gasteiger partial charge in [-0.2, -0.15) is 0 Å². The number of fused-ring (bicyclic) bond motifs is 1. The molecule has 0 saturated heterocycles. The summed E-state index contributed by atoms with van der Waals surface area (Å²) in [6.45, 7) is 4.27. The van der Waals surface area contributed by atoms with E-state index >= 15 is 0 Å². The summed E-state index contributed by atoms with van der Waals surface area (Å²) in [6, 6.07) is 6.80. The molecule has 2 N–H and O–H groups in total. The minimum absolute atomic E-state index is 0.169. The molecule has 3 rings (SSSR count). The van der Waals surface area contributed by atoms with Crippen LogP contribution in [-0.2, 0) is 17.6 Å². The quantitative estimate of drug-likeness (QED) is 0.737. The van der Waals surface area contributed by atoms with Gasteiger partial charge < -0.3 is 14.8 Å². The fraction of sp³-hybridized carbons (Fsp3) is 0.381. The highest BCUT2D eigenvalue weighted by molar-refractivity contribution is 7.17. The van der Waals surface area contributed by atoms with Crippen LogP contribution >= 0.6 is 11.3 Å². The average molecular weight is 416 g/mol. The number of amides is 3. The first-order chi connectivity index (χ1) is 14.0.